The summed E-state index contributed by atoms with van der Waals surface area (Å²) in [5.74, 6) is 0.650. The summed E-state index contributed by atoms with van der Waals surface area (Å²) in [6.07, 6.45) is 0. The Morgan fingerprint density at radius 3 is 2.43 bits per heavy atom. The highest BCUT2D eigenvalue weighted by molar-refractivity contribution is 5.82. The largest absolute Gasteiger partial charge is 0.496 e. The molecule has 0 aliphatic rings. The number of methoxy groups -OCH3 is 1. The van der Waals surface area contributed by atoms with Crippen molar-refractivity contribution in [2.45, 2.75) is 12.6 Å². The minimum absolute atomic E-state index is 0.118. The van der Waals surface area contributed by atoms with E-state index >= 15 is 0 Å². The number of amides is 1. The van der Waals surface area contributed by atoms with E-state index in [9.17, 15) is 4.79 Å². The highest BCUT2D eigenvalue weighted by Crippen LogP contribution is 2.20. The summed E-state index contributed by atoms with van der Waals surface area (Å²) in [6.45, 7) is 0.462. The van der Waals surface area contributed by atoms with E-state index in [1.54, 1.807) is 19.1 Å². The molecule has 2 aromatic carbocycles. The first-order chi connectivity index (χ1) is 10.1. The molecule has 0 aliphatic carbocycles. The van der Waals surface area contributed by atoms with Crippen LogP contribution in [0, 0.1) is 0 Å². The predicted molar refractivity (Wildman–Crippen MR) is 82.8 cm³/mol. The normalized spacial score (nSPS) is 11.8. The van der Waals surface area contributed by atoms with Crippen LogP contribution in [0.3, 0.4) is 0 Å². The van der Waals surface area contributed by atoms with Crippen LogP contribution < -0.4 is 10.5 Å². The third-order valence-electron chi connectivity index (χ3n) is 3.40. The number of likely N-dealkylation sites (N-methyl/N-ethyl adjacent to an activating group) is 1. The lowest BCUT2D eigenvalue weighted by Crippen LogP contribution is -2.35. The summed E-state index contributed by atoms with van der Waals surface area (Å²) in [7, 11) is 3.37. The molecule has 0 radical (unpaired) electrons. The summed E-state index contributed by atoms with van der Waals surface area (Å²) < 4.78 is 5.30. The van der Waals surface area contributed by atoms with Crippen molar-refractivity contribution in [3.63, 3.8) is 0 Å². The molecule has 0 aliphatic heterocycles. The highest BCUT2D eigenvalue weighted by atomic mass is 16.5. The first kappa shape index (κ1) is 15.1. The SMILES string of the molecule is COc1ccccc1CN(C)C(=O)C(N)c1ccccc1. The summed E-state index contributed by atoms with van der Waals surface area (Å²) >= 11 is 0. The number of hydrogen-bond acceptors (Lipinski definition) is 3. The van der Waals surface area contributed by atoms with Gasteiger partial charge in [-0.1, -0.05) is 48.5 Å². The minimum Gasteiger partial charge on any atom is -0.496 e. The standard InChI is InChI=1S/C17H20N2O2/c1-19(12-14-10-6-7-11-15(14)21-2)17(20)16(18)13-8-4-3-5-9-13/h3-11,16H,12,18H2,1-2H3. The van der Waals surface area contributed by atoms with E-state index in [-0.39, 0.29) is 5.91 Å². The van der Waals surface area contributed by atoms with E-state index < -0.39 is 6.04 Å². The molecule has 2 N–H and O–H groups in total. The lowest BCUT2D eigenvalue weighted by atomic mass is 10.1. The summed E-state index contributed by atoms with van der Waals surface area (Å²) in [4.78, 5) is 14.0. The van der Waals surface area contributed by atoms with Gasteiger partial charge >= 0.3 is 0 Å². The molecular weight excluding hydrogens is 264 g/mol. The number of nitrogens with two attached hydrogens (primary N) is 1. The lowest BCUT2D eigenvalue weighted by molar-refractivity contribution is -0.132. The fraction of sp³-hybridized carbons (Fsp3) is 0.235. The number of hydrogen-bond donors (Lipinski definition) is 1. The van der Waals surface area contributed by atoms with Gasteiger partial charge in [-0.15, -0.1) is 0 Å². The molecular formula is C17H20N2O2. The Morgan fingerprint density at radius 2 is 1.76 bits per heavy atom. The second-order valence-corrected chi connectivity index (χ2v) is 4.89. The maximum atomic E-state index is 12.4. The number of ether oxygens (including phenoxy) is 1. The Balaban J connectivity index is 2.09. The van der Waals surface area contributed by atoms with Crippen LogP contribution in [0.1, 0.15) is 17.2 Å². The third kappa shape index (κ3) is 3.61. The highest BCUT2D eigenvalue weighted by Gasteiger charge is 2.20. The van der Waals surface area contributed by atoms with Gasteiger partial charge in [-0.3, -0.25) is 4.79 Å². The quantitative estimate of drug-likeness (QED) is 0.917. The average Bonchev–Trinajstić information content (AvgIpc) is 2.54. The van der Waals surface area contributed by atoms with Crippen molar-refractivity contribution in [3.05, 3.63) is 65.7 Å². The molecule has 0 fully saturated rings. The number of para-hydroxylation sites is 1. The topological polar surface area (TPSA) is 55.6 Å². The molecule has 0 spiro atoms. The van der Waals surface area contributed by atoms with Gasteiger partial charge in [-0.2, -0.15) is 0 Å². The number of benzene rings is 2. The maximum Gasteiger partial charge on any atom is 0.244 e. The Bertz CT molecular complexity index is 599. The van der Waals surface area contributed by atoms with E-state index in [0.717, 1.165) is 16.9 Å². The van der Waals surface area contributed by atoms with Crippen LogP contribution in [0.5, 0.6) is 5.75 Å². The number of rotatable bonds is 5. The van der Waals surface area contributed by atoms with Crippen molar-refractivity contribution in [3.8, 4) is 5.75 Å². The lowest BCUT2D eigenvalue weighted by Gasteiger charge is -2.22. The van der Waals surface area contributed by atoms with Gasteiger partial charge in [0.1, 0.15) is 11.8 Å². The molecule has 2 rings (SSSR count). The van der Waals surface area contributed by atoms with Crippen molar-refractivity contribution in [2.75, 3.05) is 14.2 Å². The second-order valence-electron chi connectivity index (χ2n) is 4.89. The molecule has 0 bridgehead atoms. The van der Waals surface area contributed by atoms with Crippen molar-refractivity contribution in [2.24, 2.45) is 5.73 Å². The molecule has 0 aromatic heterocycles. The van der Waals surface area contributed by atoms with Gasteiger partial charge in [0.05, 0.1) is 7.11 Å². The van der Waals surface area contributed by atoms with Gasteiger partial charge in [0, 0.05) is 19.2 Å². The average molecular weight is 284 g/mol. The molecule has 4 heteroatoms. The maximum absolute atomic E-state index is 12.4. The molecule has 0 heterocycles. The molecule has 110 valence electrons. The fourth-order valence-electron chi connectivity index (χ4n) is 2.21. The molecule has 0 saturated heterocycles. The summed E-state index contributed by atoms with van der Waals surface area (Å²) in [5.41, 5.74) is 7.81. The fourth-order valence-corrected chi connectivity index (χ4v) is 2.21. The van der Waals surface area contributed by atoms with Gasteiger partial charge < -0.3 is 15.4 Å². The van der Waals surface area contributed by atoms with E-state index in [1.807, 2.05) is 54.6 Å². The van der Waals surface area contributed by atoms with Gasteiger partial charge in [0.2, 0.25) is 5.91 Å². The summed E-state index contributed by atoms with van der Waals surface area (Å²) in [5, 5.41) is 0. The smallest absolute Gasteiger partial charge is 0.244 e. The van der Waals surface area contributed by atoms with Gasteiger partial charge in [-0.05, 0) is 11.6 Å². The van der Waals surface area contributed by atoms with Gasteiger partial charge in [-0.25, -0.2) is 0 Å². The van der Waals surface area contributed by atoms with E-state index in [1.165, 1.54) is 0 Å². The van der Waals surface area contributed by atoms with Crippen LogP contribution in [-0.4, -0.2) is 25.0 Å². The molecule has 1 atom stereocenters. The second kappa shape index (κ2) is 6.90. The third-order valence-corrected chi connectivity index (χ3v) is 3.40. The Hall–Kier alpha value is -2.33. The van der Waals surface area contributed by atoms with Gasteiger partial charge in [0.25, 0.3) is 0 Å². The zero-order chi connectivity index (χ0) is 15.2. The first-order valence-corrected chi connectivity index (χ1v) is 6.81. The Kier molecular flexibility index (Phi) is 4.95. The van der Waals surface area contributed by atoms with E-state index in [2.05, 4.69) is 0 Å². The molecule has 0 saturated carbocycles. The molecule has 2 aromatic rings. The monoisotopic (exact) mass is 284 g/mol. The first-order valence-electron chi connectivity index (χ1n) is 6.81. The van der Waals surface area contributed by atoms with Crippen LogP contribution in [0.2, 0.25) is 0 Å². The molecule has 4 nitrogen and oxygen atoms in total. The van der Waals surface area contributed by atoms with Crippen molar-refractivity contribution in [1.29, 1.82) is 0 Å². The van der Waals surface area contributed by atoms with Crippen molar-refractivity contribution < 1.29 is 9.53 Å². The molecule has 1 unspecified atom stereocenters. The zero-order valence-electron chi connectivity index (χ0n) is 12.3. The Morgan fingerprint density at radius 1 is 1.14 bits per heavy atom. The van der Waals surface area contributed by atoms with E-state index in [0.29, 0.717) is 6.54 Å². The number of carbonyl (C=O) groups is 1. The Labute approximate surface area is 125 Å². The van der Waals surface area contributed by atoms with E-state index in [4.69, 9.17) is 10.5 Å². The molecule has 1 amide bonds. The zero-order valence-corrected chi connectivity index (χ0v) is 12.3. The van der Waals surface area contributed by atoms with Crippen LogP contribution in [0.15, 0.2) is 54.6 Å². The predicted octanol–water partition coefficient (Wildman–Crippen LogP) is 2.35. The van der Waals surface area contributed by atoms with Crippen molar-refractivity contribution in [1.82, 2.24) is 4.90 Å². The summed E-state index contributed by atoms with van der Waals surface area (Å²) in [6, 6.07) is 16.4. The van der Waals surface area contributed by atoms with Crippen LogP contribution >= 0.6 is 0 Å². The number of carbonyl (C=O) groups excluding carboxylic acids is 1. The minimum atomic E-state index is -0.647. The van der Waals surface area contributed by atoms with Crippen LogP contribution in [0.4, 0.5) is 0 Å². The molecule has 21 heavy (non-hydrogen) atoms. The van der Waals surface area contributed by atoms with Gasteiger partial charge in [0.15, 0.2) is 0 Å². The van der Waals surface area contributed by atoms with Crippen LogP contribution in [0.25, 0.3) is 0 Å². The van der Waals surface area contributed by atoms with Crippen LogP contribution in [-0.2, 0) is 11.3 Å². The number of nitrogens with zero attached hydrogens (tertiary/aromatic N) is 1. The van der Waals surface area contributed by atoms with Crippen molar-refractivity contribution >= 4 is 5.91 Å².